The second kappa shape index (κ2) is 19.2. The van der Waals surface area contributed by atoms with Crippen LogP contribution in [0.25, 0.3) is 0 Å². The molecule has 3 rings (SSSR count). The number of carbonyl (C=O) groups is 3. The number of aromatic nitrogens is 2. The third kappa shape index (κ3) is 11.2. The van der Waals surface area contributed by atoms with Crippen LogP contribution in [-0.2, 0) is 20.9 Å². The molecule has 3 aromatic rings. The van der Waals surface area contributed by atoms with Gasteiger partial charge in [-0.2, -0.15) is 0 Å². The molecule has 0 spiro atoms. The van der Waals surface area contributed by atoms with E-state index in [1.807, 2.05) is 18.2 Å². The normalized spacial score (nSPS) is 12.0. The van der Waals surface area contributed by atoms with Gasteiger partial charge in [-0.25, -0.2) is 14.2 Å². The fourth-order valence-corrected chi connectivity index (χ4v) is 5.72. The van der Waals surface area contributed by atoms with Crippen molar-refractivity contribution in [3.63, 3.8) is 0 Å². The minimum Gasteiger partial charge on any atom is -0.491 e. The van der Waals surface area contributed by atoms with Gasteiger partial charge in [0, 0.05) is 5.41 Å². The lowest BCUT2D eigenvalue weighted by molar-refractivity contribution is -0.135. The third-order valence-corrected chi connectivity index (χ3v) is 8.57. The van der Waals surface area contributed by atoms with E-state index < -0.39 is 40.7 Å². The predicted molar refractivity (Wildman–Crippen MR) is 193 cm³/mol. The number of benzene rings is 2. The van der Waals surface area contributed by atoms with Crippen LogP contribution in [0, 0.1) is 5.41 Å². The summed E-state index contributed by atoms with van der Waals surface area (Å²) in [6.07, 6.45) is 11.7. The number of esters is 1. The van der Waals surface area contributed by atoms with Crippen molar-refractivity contribution in [3.05, 3.63) is 75.2 Å². The van der Waals surface area contributed by atoms with Gasteiger partial charge in [0.15, 0.2) is 11.8 Å². The Morgan fingerprint density at radius 3 is 2.08 bits per heavy atom. The molecule has 1 aromatic heterocycles. The number of rotatable bonds is 20. The molecule has 2 N–H and O–H groups in total. The lowest BCUT2D eigenvalue weighted by atomic mass is 9.86. The second-order valence-electron chi connectivity index (χ2n) is 13.3. The Morgan fingerprint density at radius 1 is 0.898 bits per heavy atom. The molecule has 1 atom stereocenters. The fourth-order valence-electron chi connectivity index (χ4n) is 5.49. The van der Waals surface area contributed by atoms with Crippen LogP contribution in [0.2, 0.25) is 5.02 Å². The summed E-state index contributed by atoms with van der Waals surface area (Å²) in [5.74, 6) is -2.85. The molecule has 0 aliphatic rings. The number of anilines is 1. The maximum atomic E-state index is 13.8. The quantitative estimate of drug-likeness (QED) is 0.0690. The monoisotopic (exact) mass is 697 g/mol. The molecule has 0 fully saturated rings. The minimum absolute atomic E-state index is 0.0379. The first-order valence-electron chi connectivity index (χ1n) is 17.4. The van der Waals surface area contributed by atoms with Gasteiger partial charge < -0.3 is 19.9 Å². The average Bonchev–Trinajstić information content (AvgIpc) is 3.28. The molecule has 11 heteroatoms. The maximum absolute atomic E-state index is 13.8. The van der Waals surface area contributed by atoms with Crippen LogP contribution in [0.5, 0.6) is 11.8 Å². The number of nitrogens with zero attached hydrogens (tertiary/aromatic N) is 2. The number of aromatic hydroxyl groups is 1. The molecule has 268 valence electrons. The van der Waals surface area contributed by atoms with Crippen LogP contribution in [-0.4, -0.2) is 45.1 Å². The van der Waals surface area contributed by atoms with Crippen LogP contribution in [0.1, 0.15) is 121 Å². The van der Waals surface area contributed by atoms with Crippen molar-refractivity contribution in [2.24, 2.45) is 5.41 Å². The molecule has 2 aromatic carbocycles. The van der Waals surface area contributed by atoms with Crippen LogP contribution >= 0.6 is 11.6 Å². The maximum Gasteiger partial charge on any atom is 0.338 e. The molecule has 0 radical (unpaired) electrons. The Morgan fingerprint density at radius 2 is 1.51 bits per heavy atom. The van der Waals surface area contributed by atoms with Gasteiger partial charge >= 0.3 is 11.7 Å². The summed E-state index contributed by atoms with van der Waals surface area (Å²) in [4.78, 5) is 54.1. The zero-order valence-corrected chi connectivity index (χ0v) is 30.3. The molecule has 10 nitrogen and oxygen atoms in total. The first-order chi connectivity index (χ1) is 23.4. The van der Waals surface area contributed by atoms with Crippen LogP contribution in [0.4, 0.5) is 5.69 Å². The van der Waals surface area contributed by atoms with Gasteiger partial charge in [-0.1, -0.05) is 127 Å². The summed E-state index contributed by atoms with van der Waals surface area (Å²) in [7, 11) is 0. The molecule has 49 heavy (non-hydrogen) atoms. The third-order valence-electron chi connectivity index (χ3n) is 8.25. The number of halogens is 1. The standard InChI is InChI=1S/C38H52ClN3O7/c1-6-8-9-10-11-12-13-14-15-19-24-49-36(46)28-22-23-30(29(39)25-28)40-33(44)31(32(43)38(3,4)5)42-34(45)35(48-7-2)41(37(42)47)26-27-20-17-16-18-21-27/h16-18,20-23,25,31,45H,6-15,19,24,26H2,1-5H3,(H,40,44). The van der Waals surface area contributed by atoms with Crippen molar-refractivity contribution in [2.75, 3.05) is 18.5 Å². The molecular weight excluding hydrogens is 646 g/mol. The van der Waals surface area contributed by atoms with E-state index >= 15 is 0 Å². The van der Waals surface area contributed by atoms with Crippen molar-refractivity contribution in [3.8, 4) is 11.8 Å². The Balaban J connectivity index is 1.72. The molecule has 0 bridgehead atoms. The number of ketones is 1. The highest BCUT2D eigenvalue weighted by Crippen LogP contribution is 2.33. The first kappa shape index (κ1) is 39.4. The smallest absolute Gasteiger partial charge is 0.338 e. The van der Waals surface area contributed by atoms with E-state index in [1.54, 1.807) is 39.8 Å². The second-order valence-corrected chi connectivity index (χ2v) is 13.7. The van der Waals surface area contributed by atoms with Crippen molar-refractivity contribution >= 4 is 34.9 Å². The number of amides is 1. The number of hydrogen-bond acceptors (Lipinski definition) is 7. The molecule has 1 amide bonds. The van der Waals surface area contributed by atoms with Crippen molar-refractivity contribution in [1.82, 2.24) is 9.13 Å². The molecule has 0 saturated carbocycles. The van der Waals surface area contributed by atoms with Gasteiger partial charge in [0.25, 0.3) is 17.7 Å². The number of imidazole rings is 1. The Kier molecular flexibility index (Phi) is 15.4. The van der Waals surface area contributed by atoms with Crippen LogP contribution in [0.3, 0.4) is 0 Å². The highest BCUT2D eigenvalue weighted by atomic mass is 35.5. The van der Waals surface area contributed by atoms with Crippen molar-refractivity contribution in [1.29, 1.82) is 0 Å². The highest BCUT2D eigenvalue weighted by Gasteiger charge is 2.40. The van der Waals surface area contributed by atoms with Gasteiger partial charge in [-0.15, -0.1) is 0 Å². The number of nitrogens with one attached hydrogen (secondary N) is 1. The van der Waals surface area contributed by atoms with Gasteiger partial charge in [0.05, 0.1) is 36.0 Å². The van der Waals surface area contributed by atoms with Gasteiger partial charge in [0.2, 0.25) is 0 Å². The van der Waals surface area contributed by atoms with Gasteiger partial charge in [0.1, 0.15) is 0 Å². The fraction of sp³-hybridized carbons (Fsp3) is 0.526. The van der Waals surface area contributed by atoms with Gasteiger partial charge in [-0.05, 0) is 37.1 Å². The highest BCUT2D eigenvalue weighted by molar-refractivity contribution is 6.34. The molecule has 1 heterocycles. The lowest BCUT2D eigenvalue weighted by Crippen LogP contribution is -2.43. The zero-order chi connectivity index (χ0) is 36.0. The van der Waals surface area contributed by atoms with Gasteiger partial charge in [-0.3, -0.25) is 14.2 Å². The summed E-state index contributed by atoms with van der Waals surface area (Å²) in [5.41, 5.74) is -0.794. The molecule has 0 aliphatic heterocycles. The number of ether oxygens (including phenoxy) is 2. The van der Waals surface area contributed by atoms with E-state index in [0.717, 1.165) is 29.4 Å². The number of hydrogen-bond donors (Lipinski definition) is 2. The van der Waals surface area contributed by atoms with E-state index in [0.29, 0.717) is 6.61 Å². The Hall–Kier alpha value is -4.05. The predicted octanol–water partition coefficient (Wildman–Crippen LogP) is 8.33. The summed E-state index contributed by atoms with van der Waals surface area (Å²) in [6, 6.07) is 11.6. The number of Topliss-reactive ketones (excluding diaryl/α,β-unsaturated/α-hetero) is 1. The summed E-state index contributed by atoms with van der Waals surface area (Å²) in [5, 5.41) is 13.9. The lowest BCUT2D eigenvalue weighted by Gasteiger charge is -2.25. The minimum atomic E-state index is -1.76. The number of carbonyl (C=O) groups excluding carboxylic acids is 3. The van der Waals surface area contributed by atoms with Crippen molar-refractivity contribution < 1.29 is 29.0 Å². The average molecular weight is 698 g/mol. The molecule has 1 unspecified atom stereocenters. The van der Waals surface area contributed by atoms with Crippen molar-refractivity contribution in [2.45, 2.75) is 111 Å². The van der Waals surface area contributed by atoms with E-state index in [4.69, 9.17) is 21.1 Å². The molecular formula is C38H52ClN3O7. The largest absolute Gasteiger partial charge is 0.491 e. The van der Waals surface area contributed by atoms with E-state index in [9.17, 15) is 24.3 Å². The van der Waals surface area contributed by atoms with Crippen LogP contribution < -0.4 is 15.7 Å². The first-order valence-corrected chi connectivity index (χ1v) is 17.8. The Labute approximate surface area is 294 Å². The number of unbranched alkanes of at least 4 members (excludes halogenated alkanes) is 9. The molecule has 0 saturated heterocycles. The van der Waals surface area contributed by atoms with E-state index in [-0.39, 0.29) is 35.3 Å². The zero-order valence-electron chi connectivity index (χ0n) is 29.6. The van der Waals surface area contributed by atoms with E-state index in [2.05, 4.69) is 12.2 Å². The van der Waals surface area contributed by atoms with Crippen LogP contribution in [0.15, 0.2) is 53.3 Å². The summed E-state index contributed by atoms with van der Waals surface area (Å²) in [6.45, 7) is 9.22. The summed E-state index contributed by atoms with van der Waals surface area (Å²) < 4.78 is 13.0. The summed E-state index contributed by atoms with van der Waals surface area (Å²) >= 11 is 6.48. The topological polar surface area (TPSA) is 129 Å². The molecule has 0 aliphatic carbocycles. The van der Waals surface area contributed by atoms with E-state index in [1.165, 1.54) is 67.7 Å². The Bertz CT molecular complexity index is 1590. The SMILES string of the molecule is CCCCCCCCCCCCOC(=O)c1ccc(NC(=O)C(C(=O)C(C)(C)C)n2c(O)c(OCC)n(Cc3ccccc3)c2=O)c(Cl)c1.